The predicted octanol–water partition coefficient (Wildman–Crippen LogP) is 7.87. The van der Waals surface area contributed by atoms with Crippen LogP contribution in [0.2, 0.25) is 0 Å². The maximum Gasteiger partial charge on any atom is 0.0161 e. The van der Waals surface area contributed by atoms with Crippen LogP contribution in [0.25, 0.3) is 17.2 Å². The van der Waals surface area contributed by atoms with Gasteiger partial charge in [-0.2, -0.15) is 0 Å². The topological polar surface area (TPSA) is 0 Å². The van der Waals surface area contributed by atoms with Crippen molar-refractivity contribution < 1.29 is 0 Å². The molecule has 0 unspecified atom stereocenters. The summed E-state index contributed by atoms with van der Waals surface area (Å²) in [5.41, 5.74) is 11.5. The van der Waals surface area contributed by atoms with Gasteiger partial charge < -0.3 is 0 Å². The maximum atomic E-state index is 2.44. The van der Waals surface area contributed by atoms with E-state index >= 15 is 0 Å². The van der Waals surface area contributed by atoms with Gasteiger partial charge in [-0.15, -0.1) is 0 Å². The third-order valence-electron chi connectivity index (χ3n) is 5.59. The van der Waals surface area contributed by atoms with Crippen LogP contribution in [-0.2, 0) is 17.3 Å². The molecule has 0 saturated heterocycles. The van der Waals surface area contributed by atoms with E-state index in [9.17, 15) is 0 Å². The Bertz CT molecular complexity index is 847. The van der Waals surface area contributed by atoms with Crippen molar-refractivity contribution in [1.82, 2.24) is 0 Å². The molecular formula is C27H35. The highest BCUT2D eigenvalue weighted by atomic mass is 14.3. The molecule has 0 fully saturated rings. The molecule has 2 aromatic carbocycles. The molecule has 0 aromatic heterocycles. The molecule has 0 nitrogen and oxygen atoms in total. The van der Waals surface area contributed by atoms with Crippen molar-refractivity contribution in [1.29, 1.82) is 0 Å². The average Bonchev–Trinajstić information content (AvgIpc) is 2.93. The quantitative estimate of drug-likeness (QED) is 0.523. The molecule has 1 radical (unpaired) electrons. The lowest BCUT2D eigenvalue weighted by Crippen LogP contribution is -2.16. The summed E-state index contributed by atoms with van der Waals surface area (Å²) in [6.45, 7) is 18.4. The van der Waals surface area contributed by atoms with Crippen LogP contribution in [-0.4, -0.2) is 0 Å². The first-order valence-electron chi connectivity index (χ1n) is 10.4. The number of hydrogen-bond acceptors (Lipinski definition) is 0. The van der Waals surface area contributed by atoms with Gasteiger partial charge in [-0.05, 0) is 63.1 Å². The Balaban J connectivity index is 2.32. The van der Waals surface area contributed by atoms with E-state index in [1.54, 1.807) is 0 Å². The zero-order valence-corrected chi connectivity index (χ0v) is 18.5. The van der Waals surface area contributed by atoms with Gasteiger partial charge in [0.15, 0.2) is 0 Å². The molecule has 3 rings (SSSR count). The summed E-state index contributed by atoms with van der Waals surface area (Å²) in [5.74, 6) is 0. The lowest BCUT2D eigenvalue weighted by atomic mass is 9.78. The zero-order valence-electron chi connectivity index (χ0n) is 18.5. The Morgan fingerprint density at radius 2 is 1.41 bits per heavy atom. The highest BCUT2D eigenvalue weighted by Gasteiger charge is 2.24. The number of rotatable bonds is 3. The normalized spacial score (nSPS) is 14.3. The molecule has 0 amide bonds. The van der Waals surface area contributed by atoms with Crippen LogP contribution in [0, 0.1) is 6.42 Å². The lowest BCUT2D eigenvalue weighted by Gasteiger charge is -2.27. The van der Waals surface area contributed by atoms with Gasteiger partial charge in [0.25, 0.3) is 0 Å². The number of hydrogen-bond donors (Lipinski definition) is 0. The van der Waals surface area contributed by atoms with E-state index < -0.39 is 0 Å². The SMILES string of the molecule is CCCc1ccc2c(c1-c1cc(C(C)(C)C)cc(C(C)(C)C)c1)C=C(C)[CH]2. The smallest absolute Gasteiger partial charge is 0.0161 e. The van der Waals surface area contributed by atoms with Crippen LogP contribution in [0.1, 0.15) is 89.6 Å². The van der Waals surface area contributed by atoms with Crippen molar-refractivity contribution in [2.24, 2.45) is 0 Å². The second kappa shape index (κ2) is 6.97. The van der Waals surface area contributed by atoms with Crippen molar-refractivity contribution in [2.45, 2.75) is 79.1 Å². The van der Waals surface area contributed by atoms with E-state index in [1.165, 1.54) is 50.9 Å². The molecule has 2 aromatic rings. The minimum absolute atomic E-state index is 0.136. The Morgan fingerprint density at radius 1 is 0.815 bits per heavy atom. The van der Waals surface area contributed by atoms with Crippen molar-refractivity contribution in [2.75, 3.05) is 0 Å². The van der Waals surface area contributed by atoms with E-state index in [-0.39, 0.29) is 10.8 Å². The predicted molar refractivity (Wildman–Crippen MR) is 120 cm³/mol. The fourth-order valence-corrected chi connectivity index (χ4v) is 3.93. The first-order valence-corrected chi connectivity index (χ1v) is 10.4. The average molecular weight is 360 g/mol. The number of allylic oxidation sites excluding steroid dienone is 1. The van der Waals surface area contributed by atoms with Gasteiger partial charge in [-0.3, -0.25) is 0 Å². The maximum absolute atomic E-state index is 2.44. The molecule has 0 atom stereocenters. The van der Waals surface area contributed by atoms with E-state index in [4.69, 9.17) is 0 Å². The standard InChI is InChI=1S/C27H35/c1-9-10-19-11-12-20-13-18(2)14-24(20)25(19)21-15-22(26(3,4)5)17-23(16-21)27(6,7)8/h11-17H,9-10H2,1-8H3. The number of fused-ring (bicyclic) bond motifs is 1. The highest BCUT2D eigenvalue weighted by molar-refractivity contribution is 5.85. The van der Waals surface area contributed by atoms with Gasteiger partial charge in [-0.25, -0.2) is 0 Å². The monoisotopic (exact) mass is 359 g/mol. The molecule has 0 saturated carbocycles. The van der Waals surface area contributed by atoms with Crippen LogP contribution in [0.4, 0.5) is 0 Å². The molecule has 0 spiro atoms. The molecular weight excluding hydrogens is 324 g/mol. The summed E-state index contributed by atoms with van der Waals surface area (Å²) in [6.07, 6.45) is 6.97. The van der Waals surface area contributed by atoms with Crippen LogP contribution in [0.15, 0.2) is 35.9 Å². The van der Waals surface area contributed by atoms with E-state index in [0.717, 1.165) is 6.42 Å². The largest absolute Gasteiger partial charge is 0.0651 e. The third kappa shape index (κ3) is 4.05. The van der Waals surface area contributed by atoms with Crippen LogP contribution in [0.3, 0.4) is 0 Å². The zero-order chi connectivity index (χ0) is 20.0. The van der Waals surface area contributed by atoms with Gasteiger partial charge in [0.1, 0.15) is 0 Å². The summed E-state index contributed by atoms with van der Waals surface area (Å²) >= 11 is 0. The molecule has 0 heterocycles. The first-order chi connectivity index (χ1) is 12.5. The molecule has 1 aliphatic carbocycles. The van der Waals surface area contributed by atoms with Crippen molar-refractivity contribution in [3.63, 3.8) is 0 Å². The first kappa shape index (κ1) is 19.9. The molecule has 143 valence electrons. The molecule has 27 heavy (non-hydrogen) atoms. The minimum atomic E-state index is 0.136. The fourth-order valence-electron chi connectivity index (χ4n) is 3.93. The number of benzene rings is 2. The van der Waals surface area contributed by atoms with Gasteiger partial charge in [0.05, 0.1) is 0 Å². The van der Waals surface area contributed by atoms with Crippen molar-refractivity contribution in [3.05, 3.63) is 70.1 Å². The summed E-state index contributed by atoms with van der Waals surface area (Å²) in [5, 5.41) is 0. The van der Waals surface area contributed by atoms with E-state index in [2.05, 4.69) is 98.2 Å². The lowest BCUT2D eigenvalue weighted by molar-refractivity contribution is 0.569. The summed E-state index contributed by atoms with van der Waals surface area (Å²) in [4.78, 5) is 0. The summed E-state index contributed by atoms with van der Waals surface area (Å²) < 4.78 is 0. The van der Waals surface area contributed by atoms with Crippen molar-refractivity contribution >= 4 is 6.08 Å². The van der Waals surface area contributed by atoms with Crippen LogP contribution in [0.5, 0.6) is 0 Å². The Hall–Kier alpha value is -1.82. The van der Waals surface area contributed by atoms with Crippen LogP contribution >= 0.6 is 0 Å². The van der Waals surface area contributed by atoms with E-state index in [0.29, 0.717) is 0 Å². The van der Waals surface area contributed by atoms with Gasteiger partial charge >= 0.3 is 0 Å². The molecule has 0 N–H and O–H groups in total. The Labute approximate surface area is 166 Å². The molecule has 1 aliphatic rings. The molecule has 0 heteroatoms. The van der Waals surface area contributed by atoms with Gasteiger partial charge in [-0.1, -0.05) is 96.9 Å². The Kier molecular flexibility index (Phi) is 5.14. The third-order valence-corrected chi connectivity index (χ3v) is 5.59. The summed E-state index contributed by atoms with van der Waals surface area (Å²) in [7, 11) is 0. The molecule has 0 aliphatic heterocycles. The summed E-state index contributed by atoms with van der Waals surface area (Å²) in [6, 6.07) is 11.9. The Morgan fingerprint density at radius 3 is 1.93 bits per heavy atom. The second-order valence-corrected chi connectivity index (χ2v) is 10.2. The van der Waals surface area contributed by atoms with Crippen LogP contribution < -0.4 is 0 Å². The second-order valence-electron chi connectivity index (χ2n) is 10.2. The minimum Gasteiger partial charge on any atom is -0.0651 e. The fraction of sp³-hybridized carbons (Fsp3) is 0.444. The van der Waals surface area contributed by atoms with Gasteiger partial charge in [0.2, 0.25) is 0 Å². The van der Waals surface area contributed by atoms with E-state index in [1.807, 2.05) is 0 Å². The number of aryl methyl sites for hydroxylation is 1. The van der Waals surface area contributed by atoms with Crippen molar-refractivity contribution in [3.8, 4) is 11.1 Å². The highest BCUT2D eigenvalue weighted by Crippen LogP contribution is 2.41. The van der Waals surface area contributed by atoms with Gasteiger partial charge in [0, 0.05) is 6.42 Å². The molecule has 0 bridgehead atoms.